The predicted molar refractivity (Wildman–Crippen MR) is 123 cm³/mol. The number of carbonyl (C=O) groups excluding carboxylic acids is 1. The number of aryl methyl sites for hydroxylation is 1. The van der Waals surface area contributed by atoms with Crippen LogP contribution in [0.5, 0.6) is 5.75 Å². The minimum atomic E-state index is -0.0871. The molecule has 0 aliphatic carbocycles. The van der Waals surface area contributed by atoms with Crippen LogP contribution < -0.4 is 10.1 Å². The molecular weight excluding hydrogens is 474 g/mol. The van der Waals surface area contributed by atoms with Gasteiger partial charge in [0.2, 0.25) is 17.6 Å². The van der Waals surface area contributed by atoms with Gasteiger partial charge in [-0.15, -0.1) is 0 Å². The quantitative estimate of drug-likeness (QED) is 0.361. The van der Waals surface area contributed by atoms with Gasteiger partial charge < -0.3 is 14.6 Å². The van der Waals surface area contributed by atoms with E-state index in [4.69, 9.17) is 9.26 Å². The van der Waals surface area contributed by atoms with Gasteiger partial charge in [0.05, 0.1) is 19.9 Å². The minimum absolute atomic E-state index is 0.0871. The van der Waals surface area contributed by atoms with Crippen LogP contribution in [-0.2, 0) is 17.8 Å². The summed E-state index contributed by atoms with van der Waals surface area (Å²) in [6.07, 6.45) is 3.12. The zero-order valence-electron chi connectivity index (χ0n) is 17.5. The van der Waals surface area contributed by atoms with E-state index in [0.717, 1.165) is 21.3 Å². The predicted octanol–water partition coefficient (Wildman–Crippen LogP) is 4.71. The number of methoxy groups -OCH3 is 1. The van der Waals surface area contributed by atoms with Crippen molar-refractivity contribution in [2.45, 2.75) is 25.8 Å². The van der Waals surface area contributed by atoms with Crippen molar-refractivity contribution in [1.29, 1.82) is 0 Å². The van der Waals surface area contributed by atoms with Gasteiger partial charge in [-0.3, -0.25) is 4.79 Å². The number of amides is 1. The van der Waals surface area contributed by atoms with Gasteiger partial charge in [0.25, 0.3) is 0 Å². The smallest absolute Gasteiger partial charge is 0.226 e. The lowest BCUT2D eigenvalue weighted by Gasteiger charge is -2.09. The standard InChI is InChI=1S/C23H22BrN5O3/c1-31-19-10-8-17(9-11-19)23-27-22(32-28-23)7-3-6-21(30)26-20-12-13-25-29(20)15-16-4-2-5-18(24)14-16/h2,4-5,8-14H,3,6-7,15H2,1H3,(H,26,30). The topological polar surface area (TPSA) is 95.1 Å². The van der Waals surface area contributed by atoms with E-state index in [1.165, 1.54) is 0 Å². The first kappa shape index (κ1) is 21.8. The number of hydrogen-bond acceptors (Lipinski definition) is 6. The Morgan fingerprint density at radius 1 is 1.19 bits per heavy atom. The first-order chi connectivity index (χ1) is 15.6. The summed E-state index contributed by atoms with van der Waals surface area (Å²) in [7, 11) is 1.62. The van der Waals surface area contributed by atoms with Crippen LogP contribution in [0.3, 0.4) is 0 Å². The van der Waals surface area contributed by atoms with E-state index in [-0.39, 0.29) is 5.91 Å². The molecule has 0 saturated heterocycles. The Bertz CT molecular complexity index is 1190. The largest absolute Gasteiger partial charge is 0.497 e. The summed E-state index contributed by atoms with van der Waals surface area (Å²) < 4.78 is 13.2. The Labute approximate surface area is 193 Å². The average molecular weight is 496 g/mol. The second-order valence-corrected chi connectivity index (χ2v) is 8.06. The molecule has 9 heteroatoms. The van der Waals surface area contributed by atoms with Crippen LogP contribution in [0.1, 0.15) is 24.3 Å². The molecule has 0 atom stereocenters. The van der Waals surface area contributed by atoms with Crippen LogP contribution in [0.15, 0.2) is 69.8 Å². The molecule has 0 saturated carbocycles. The molecule has 164 valence electrons. The fourth-order valence-corrected chi connectivity index (χ4v) is 3.64. The van der Waals surface area contributed by atoms with Gasteiger partial charge in [0, 0.05) is 28.9 Å². The summed E-state index contributed by atoms with van der Waals surface area (Å²) in [5.74, 6) is 2.36. The summed E-state index contributed by atoms with van der Waals surface area (Å²) in [5.41, 5.74) is 1.93. The zero-order valence-corrected chi connectivity index (χ0v) is 19.1. The molecule has 4 aromatic rings. The van der Waals surface area contributed by atoms with E-state index in [1.807, 2.05) is 48.5 Å². The molecule has 1 N–H and O–H groups in total. The summed E-state index contributed by atoms with van der Waals surface area (Å²) in [6, 6.07) is 17.2. The van der Waals surface area contributed by atoms with Crippen molar-refractivity contribution < 1.29 is 14.1 Å². The monoisotopic (exact) mass is 495 g/mol. The molecule has 2 aromatic heterocycles. The maximum Gasteiger partial charge on any atom is 0.226 e. The lowest BCUT2D eigenvalue weighted by Crippen LogP contribution is -2.16. The van der Waals surface area contributed by atoms with E-state index < -0.39 is 0 Å². The molecule has 32 heavy (non-hydrogen) atoms. The first-order valence-electron chi connectivity index (χ1n) is 10.1. The molecule has 0 radical (unpaired) electrons. The molecular formula is C23H22BrN5O3. The van der Waals surface area contributed by atoms with Crippen molar-refractivity contribution in [3.63, 3.8) is 0 Å². The van der Waals surface area contributed by atoms with E-state index in [1.54, 1.807) is 24.1 Å². The summed E-state index contributed by atoms with van der Waals surface area (Å²) in [6.45, 7) is 0.568. The highest BCUT2D eigenvalue weighted by Crippen LogP contribution is 2.20. The van der Waals surface area contributed by atoms with Crippen LogP contribution in [-0.4, -0.2) is 32.9 Å². The van der Waals surface area contributed by atoms with Crippen LogP contribution in [0.2, 0.25) is 0 Å². The summed E-state index contributed by atoms with van der Waals surface area (Å²) in [5, 5.41) is 11.3. The number of aromatic nitrogens is 4. The molecule has 0 bridgehead atoms. The minimum Gasteiger partial charge on any atom is -0.497 e. The number of benzene rings is 2. The Kier molecular flexibility index (Phi) is 6.96. The molecule has 0 spiro atoms. The number of halogens is 1. The third-order valence-electron chi connectivity index (χ3n) is 4.82. The Morgan fingerprint density at radius 3 is 2.81 bits per heavy atom. The van der Waals surface area contributed by atoms with E-state index in [2.05, 4.69) is 36.5 Å². The van der Waals surface area contributed by atoms with Crippen molar-refractivity contribution in [2.24, 2.45) is 0 Å². The van der Waals surface area contributed by atoms with Crippen molar-refractivity contribution in [3.8, 4) is 17.1 Å². The second kappa shape index (κ2) is 10.2. The highest BCUT2D eigenvalue weighted by atomic mass is 79.9. The Hall–Kier alpha value is -3.46. The van der Waals surface area contributed by atoms with Crippen LogP contribution >= 0.6 is 15.9 Å². The SMILES string of the molecule is COc1ccc(-c2noc(CCCC(=O)Nc3ccnn3Cc3cccc(Br)c3)n2)cc1. The van der Waals surface area contributed by atoms with Crippen LogP contribution in [0.25, 0.3) is 11.4 Å². The fourth-order valence-electron chi connectivity index (χ4n) is 3.19. The number of carbonyl (C=O) groups is 1. The van der Waals surface area contributed by atoms with Crippen molar-refractivity contribution in [1.82, 2.24) is 19.9 Å². The van der Waals surface area contributed by atoms with Crippen LogP contribution in [0.4, 0.5) is 5.82 Å². The molecule has 4 rings (SSSR count). The summed E-state index contributed by atoms with van der Waals surface area (Å²) in [4.78, 5) is 16.8. The molecule has 1 amide bonds. The van der Waals surface area contributed by atoms with Gasteiger partial charge in [-0.1, -0.05) is 33.2 Å². The maximum absolute atomic E-state index is 12.4. The van der Waals surface area contributed by atoms with Crippen LogP contribution in [0, 0.1) is 0 Å². The number of anilines is 1. The fraction of sp³-hybridized carbons (Fsp3) is 0.217. The van der Waals surface area contributed by atoms with E-state index >= 15 is 0 Å². The Morgan fingerprint density at radius 2 is 2.03 bits per heavy atom. The van der Waals surface area contributed by atoms with E-state index in [0.29, 0.717) is 43.3 Å². The molecule has 0 aliphatic rings. The van der Waals surface area contributed by atoms with Gasteiger partial charge in [0.15, 0.2) is 0 Å². The molecule has 2 heterocycles. The maximum atomic E-state index is 12.4. The van der Waals surface area contributed by atoms with Crippen molar-refractivity contribution >= 4 is 27.7 Å². The molecule has 0 aliphatic heterocycles. The number of hydrogen-bond donors (Lipinski definition) is 1. The zero-order chi connectivity index (χ0) is 22.3. The third-order valence-corrected chi connectivity index (χ3v) is 5.31. The number of nitrogens with zero attached hydrogens (tertiary/aromatic N) is 4. The molecule has 0 unspecified atom stereocenters. The number of ether oxygens (including phenoxy) is 1. The lowest BCUT2D eigenvalue weighted by atomic mass is 10.2. The van der Waals surface area contributed by atoms with Gasteiger partial charge in [0.1, 0.15) is 11.6 Å². The van der Waals surface area contributed by atoms with Gasteiger partial charge in [-0.05, 0) is 48.4 Å². The van der Waals surface area contributed by atoms with Gasteiger partial charge >= 0.3 is 0 Å². The Balaban J connectivity index is 1.27. The molecule has 8 nitrogen and oxygen atoms in total. The van der Waals surface area contributed by atoms with Gasteiger partial charge in [-0.2, -0.15) is 10.1 Å². The highest BCUT2D eigenvalue weighted by Gasteiger charge is 2.11. The molecule has 2 aromatic carbocycles. The first-order valence-corrected chi connectivity index (χ1v) is 10.9. The third kappa shape index (κ3) is 5.61. The lowest BCUT2D eigenvalue weighted by molar-refractivity contribution is -0.116. The summed E-state index contributed by atoms with van der Waals surface area (Å²) >= 11 is 3.47. The van der Waals surface area contributed by atoms with Crippen molar-refractivity contribution in [2.75, 3.05) is 12.4 Å². The highest BCUT2D eigenvalue weighted by molar-refractivity contribution is 9.10. The molecule has 0 fully saturated rings. The average Bonchev–Trinajstić information content (AvgIpc) is 3.44. The second-order valence-electron chi connectivity index (χ2n) is 7.15. The van der Waals surface area contributed by atoms with E-state index in [9.17, 15) is 4.79 Å². The van der Waals surface area contributed by atoms with Gasteiger partial charge in [-0.25, -0.2) is 4.68 Å². The normalized spacial score (nSPS) is 10.8. The van der Waals surface area contributed by atoms with Crippen molar-refractivity contribution in [3.05, 3.63) is 76.7 Å². The number of nitrogens with one attached hydrogen (secondary N) is 1. The number of rotatable bonds is 9.